The Morgan fingerprint density at radius 1 is 1.39 bits per heavy atom. The Bertz CT molecular complexity index is 345. The average molecular weight is 257 g/mol. The third kappa shape index (κ3) is 4.60. The molecule has 1 rings (SSSR count). The zero-order chi connectivity index (χ0) is 13.7. The summed E-state index contributed by atoms with van der Waals surface area (Å²) < 4.78 is 0. The molecule has 1 fully saturated rings. The third-order valence-corrected chi connectivity index (χ3v) is 3.04. The van der Waals surface area contributed by atoms with Crippen molar-refractivity contribution in [1.82, 2.24) is 10.6 Å². The van der Waals surface area contributed by atoms with Gasteiger partial charge in [-0.3, -0.25) is 4.79 Å². The molecule has 0 saturated heterocycles. The van der Waals surface area contributed by atoms with E-state index < -0.39 is 30.4 Å². The van der Waals surface area contributed by atoms with Crippen LogP contribution in [0.15, 0.2) is 0 Å². The number of hydrogen-bond acceptors (Lipinski definition) is 3. The number of nitrogens with two attached hydrogens (primary N) is 1. The Balaban J connectivity index is 2.41. The fraction of sp³-hybridized carbons (Fsp3) is 0.727. The molecule has 5 N–H and O–H groups in total. The molecule has 18 heavy (non-hydrogen) atoms. The second-order valence-corrected chi connectivity index (χ2v) is 4.79. The lowest BCUT2D eigenvalue weighted by Crippen LogP contribution is -2.49. The fourth-order valence-electron chi connectivity index (χ4n) is 2.12. The van der Waals surface area contributed by atoms with E-state index in [0.717, 1.165) is 19.3 Å². The number of nitrogens with one attached hydrogen (secondary N) is 2. The standard InChI is InChI=1S/C11H19N3O4/c1-6-2-3-7(4-6)13-11(18)14-8(10(16)17)5-9(12)15/h6-8H,2-5H2,1H3,(H2,12,15)(H,16,17)(H2,13,14,18)/t6?,7?,8-/m1/s1. The Kier molecular flexibility index (Phi) is 4.94. The molecule has 0 aromatic rings. The molecule has 0 spiro atoms. The van der Waals surface area contributed by atoms with Crippen LogP contribution in [0.25, 0.3) is 0 Å². The summed E-state index contributed by atoms with van der Waals surface area (Å²) in [4.78, 5) is 33.0. The Morgan fingerprint density at radius 3 is 2.50 bits per heavy atom. The van der Waals surface area contributed by atoms with Crippen molar-refractivity contribution < 1.29 is 19.5 Å². The number of hydrogen-bond donors (Lipinski definition) is 4. The number of carbonyl (C=O) groups is 3. The predicted molar refractivity (Wildman–Crippen MR) is 63.7 cm³/mol. The second kappa shape index (κ2) is 6.23. The van der Waals surface area contributed by atoms with Crippen molar-refractivity contribution in [3.05, 3.63) is 0 Å². The maximum absolute atomic E-state index is 11.6. The SMILES string of the molecule is CC1CCC(NC(=O)N[C@H](CC(N)=O)C(=O)O)C1. The van der Waals surface area contributed by atoms with Gasteiger partial charge in [-0.25, -0.2) is 9.59 Å². The van der Waals surface area contributed by atoms with Crippen molar-refractivity contribution in [2.45, 2.75) is 44.7 Å². The molecule has 7 nitrogen and oxygen atoms in total. The molecule has 0 bridgehead atoms. The van der Waals surface area contributed by atoms with Crippen LogP contribution in [-0.2, 0) is 9.59 Å². The monoisotopic (exact) mass is 257 g/mol. The number of primary amides is 1. The summed E-state index contributed by atoms with van der Waals surface area (Å²) in [5.41, 5.74) is 4.91. The number of amides is 3. The van der Waals surface area contributed by atoms with Gasteiger partial charge < -0.3 is 21.5 Å². The zero-order valence-corrected chi connectivity index (χ0v) is 10.3. The first kappa shape index (κ1) is 14.3. The van der Waals surface area contributed by atoms with E-state index >= 15 is 0 Å². The summed E-state index contributed by atoms with van der Waals surface area (Å²) in [6.45, 7) is 2.10. The summed E-state index contributed by atoms with van der Waals surface area (Å²) in [6, 6.07) is -1.77. The smallest absolute Gasteiger partial charge is 0.326 e. The molecule has 0 aliphatic heterocycles. The van der Waals surface area contributed by atoms with Crippen molar-refractivity contribution in [3.63, 3.8) is 0 Å². The van der Waals surface area contributed by atoms with E-state index in [2.05, 4.69) is 17.6 Å². The molecular formula is C11H19N3O4. The van der Waals surface area contributed by atoms with E-state index in [1.165, 1.54) is 0 Å². The highest BCUT2D eigenvalue weighted by Crippen LogP contribution is 2.24. The van der Waals surface area contributed by atoms with E-state index in [9.17, 15) is 14.4 Å². The highest BCUT2D eigenvalue weighted by molar-refractivity contribution is 5.87. The first-order valence-corrected chi connectivity index (χ1v) is 5.96. The lowest BCUT2D eigenvalue weighted by Gasteiger charge is -2.17. The van der Waals surface area contributed by atoms with Crippen LogP contribution in [0.5, 0.6) is 0 Å². The second-order valence-electron chi connectivity index (χ2n) is 4.79. The molecule has 1 aliphatic rings. The van der Waals surface area contributed by atoms with Gasteiger partial charge in [0.2, 0.25) is 5.91 Å². The van der Waals surface area contributed by atoms with E-state index in [0.29, 0.717) is 5.92 Å². The van der Waals surface area contributed by atoms with Gasteiger partial charge in [-0.1, -0.05) is 6.92 Å². The van der Waals surface area contributed by atoms with Gasteiger partial charge in [-0.05, 0) is 25.2 Å². The number of carboxylic acids is 1. The molecule has 0 heterocycles. The van der Waals surface area contributed by atoms with Crippen molar-refractivity contribution in [2.24, 2.45) is 11.7 Å². The lowest BCUT2D eigenvalue weighted by molar-refractivity contribution is -0.140. The Morgan fingerprint density at radius 2 is 2.06 bits per heavy atom. The summed E-state index contributed by atoms with van der Waals surface area (Å²) in [5.74, 6) is -1.47. The van der Waals surface area contributed by atoms with Crippen LogP contribution < -0.4 is 16.4 Å². The topological polar surface area (TPSA) is 122 Å². The molecule has 0 aromatic carbocycles. The number of rotatable bonds is 5. The summed E-state index contributed by atoms with van der Waals surface area (Å²) in [7, 11) is 0. The minimum absolute atomic E-state index is 0.0722. The molecule has 3 atom stereocenters. The van der Waals surface area contributed by atoms with E-state index in [1.807, 2.05) is 0 Å². The third-order valence-electron chi connectivity index (χ3n) is 3.04. The van der Waals surface area contributed by atoms with E-state index in [4.69, 9.17) is 10.8 Å². The van der Waals surface area contributed by atoms with Crippen LogP contribution >= 0.6 is 0 Å². The highest BCUT2D eigenvalue weighted by atomic mass is 16.4. The number of carboxylic acid groups (broad SMARTS) is 1. The molecule has 7 heteroatoms. The molecule has 0 aromatic heterocycles. The molecule has 1 saturated carbocycles. The van der Waals surface area contributed by atoms with Gasteiger partial charge in [-0.15, -0.1) is 0 Å². The van der Waals surface area contributed by atoms with Crippen LogP contribution in [0.2, 0.25) is 0 Å². The van der Waals surface area contributed by atoms with Crippen LogP contribution in [0.1, 0.15) is 32.6 Å². The summed E-state index contributed by atoms with van der Waals surface area (Å²) >= 11 is 0. The van der Waals surface area contributed by atoms with Crippen molar-refractivity contribution in [1.29, 1.82) is 0 Å². The summed E-state index contributed by atoms with van der Waals surface area (Å²) in [5, 5.41) is 13.8. The van der Waals surface area contributed by atoms with Crippen LogP contribution in [-0.4, -0.2) is 35.1 Å². The van der Waals surface area contributed by atoms with Crippen molar-refractivity contribution in [2.75, 3.05) is 0 Å². The maximum atomic E-state index is 11.6. The average Bonchev–Trinajstić information content (AvgIpc) is 2.62. The first-order chi connectivity index (χ1) is 8.38. The van der Waals surface area contributed by atoms with Gasteiger partial charge in [0.05, 0.1) is 6.42 Å². The van der Waals surface area contributed by atoms with E-state index in [-0.39, 0.29) is 6.04 Å². The highest BCUT2D eigenvalue weighted by Gasteiger charge is 2.26. The van der Waals surface area contributed by atoms with Gasteiger partial charge in [-0.2, -0.15) is 0 Å². The van der Waals surface area contributed by atoms with Gasteiger partial charge >= 0.3 is 12.0 Å². The lowest BCUT2D eigenvalue weighted by atomic mass is 10.1. The van der Waals surface area contributed by atoms with Gasteiger partial charge in [0.15, 0.2) is 0 Å². The van der Waals surface area contributed by atoms with Gasteiger partial charge in [0.1, 0.15) is 6.04 Å². The largest absolute Gasteiger partial charge is 0.480 e. The Hall–Kier alpha value is -1.79. The fourth-order valence-corrected chi connectivity index (χ4v) is 2.12. The molecular weight excluding hydrogens is 238 g/mol. The number of urea groups is 1. The minimum Gasteiger partial charge on any atom is -0.480 e. The van der Waals surface area contributed by atoms with Gasteiger partial charge in [0, 0.05) is 6.04 Å². The maximum Gasteiger partial charge on any atom is 0.326 e. The summed E-state index contributed by atoms with van der Waals surface area (Å²) in [6.07, 6.45) is 2.42. The number of carbonyl (C=O) groups excluding carboxylic acids is 2. The molecule has 102 valence electrons. The predicted octanol–water partition coefficient (Wildman–Crippen LogP) is -0.197. The molecule has 3 amide bonds. The molecule has 2 unspecified atom stereocenters. The number of aliphatic carboxylic acids is 1. The molecule has 1 aliphatic carbocycles. The van der Waals surface area contributed by atoms with Crippen LogP contribution in [0.4, 0.5) is 4.79 Å². The zero-order valence-electron chi connectivity index (χ0n) is 10.3. The van der Waals surface area contributed by atoms with Crippen LogP contribution in [0.3, 0.4) is 0 Å². The van der Waals surface area contributed by atoms with Crippen molar-refractivity contribution >= 4 is 17.9 Å². The Labute approximate surface area is 105 Å². The molecule has 0 radical (unpaired) electrons. The quantitative estimate of drug-likeness (QED) is 0.545. The van der Waals surface area contributed by atoms with Crippen molar-refractivity contribution in [3.8, 4) is 0 Å². The first-order valence-electron chi connectivity index (χ1n) is 5.96. The van der Waals surface area contributed by atoms with E-state index in [1.54, 1.807) is 0 Å². The minimum atomic E-state index is -1.28. The normalized spacial score (nSPS) is 24.3. The van der Waals surface area contributed by atoms with Gasteiger partial charge in [0.25, 0.3) is 0 Å². The van der Waals surface area contributed by atoms with Crippen LogP contribution in [0, 0.1) is 5.92 Å².